The molecule has 0 rings (SSSR count). The molecule has 0 heterocycles. The van der Waals surface area contributed by atoms with Crippen LogP contribution in [0.1, 0.15) is 1.43 Å². The van der Waals surface area contributed by atoms with E-state index in [1.54, 1.807) is 0 Å². The monoisotopic (exact) mass is 226 g/mol. The molecule has 11 heteroatoms. The average Bonchev–Trinajstić information content (AvgIpc) is 1.52. The quantitative estimate of drug-likeness (QED) is 0.236. The first kappa shape index (κ1) is 15.6. The van der Waals surface area contributed by atoms with Gasteiger partial charge in [-0.05, 0) is 0 Å². The molecule has 0 bridgehead atoms. The number of hydrogen-bond acceptors (Lipinski definition) is 3. The maximum Gasteiger partial charge on any atom is 1.00 e. The number of hydrogen-bond donors (Lipinski definition) is 0. The fourth-order valence-electron chi connectivity index (χ4n) is 0.172. The molecule has 76 valence electrons. The molecule has 0 aromatic carbocycles. The Morgan fingerprint density at radius 2 is 1.31 bits per heavy atom. The third kappa shape index (κ3) is 5.40. The average molecular weight is 226 g/mol. The molecule has 13 heavy (non-hydrogen) atoms. The summed E-state index contributed by atoms with van der Waals surface area (Å²) in [4.78, 5) is 0. The molecule has 0 aromatic heterocycles. The van der Waals surface area contributed by atoms with Crippen LogP contribution in [0.4, 0.5) is 26.3 Å². The molecular weight excluding hydrogens is 225 g/mol. The molecule has 0 fully saturated rings. The Morgan fingerprint density at radius 3 is 1.38 bits per heavy atom. The largest absolute Gasteiger partial charge is 1.00 e. The normalized spacial score (nSPS) is 13.7. The maximum atomic E-state index is 11.2. The summed E-state index contributed by atoms with van der Waals surface area (Å²) in [6.45, 7) is 0. The zero-order valence-electron chi connectivity index (χ0n) is 6.90. The van der Waals surface area contributed by atoms with Gasteiger partial charge in [-0.15, -0.1) is 13.2 Å². The van der Waals surface area contributed by atoms with Crippen molar-refractivity contribution in [1.82, 2.24) is 0 Å². The van der Waals surface area contributed by atoms with Gasteiger partial charge in [-0.1, -0.05) is 0 Å². The molecule has 0 N–H and O–H groups in total. The zero-order chi connectivity index (χ0) is 10.2. The van der Waals surface area contributed by atoms with Crippen molar-refractivity contribution in [3.8, 4) is 0 Å². The van der Waals surface area contributed by atoms with Crippen LogP contribution in [0.15, 0.2) is 0 Å². The zero-order valence-corrected chi connectivity index (χ0v) is 6.72. The van der Waals surface area contributed by atoms with E-state index in [-0.39, 0.29) is 20.3 Å². The minimum absolute atomic E-state index is 0. The summed E-state index contributed by atoms with van der Waals surface area (Å²) < 4.78 is 87.4. The predicted molar refractivity (Wildman–Crippen MR) is 23.2 cm³/mol. The smallest absolute Gasteiger partial charge is 1.00 e. The Labute approximate surface area is 81.8 Å². The number of alkyl halides is 6. The van der Waals surface area contributed by atoms with Gasteiger partial charge in [0.15, 0.2) is 0 Å². The van der Waals surface area contributed by atoms with Crippen LogP contribution in [0.5, 0.6) is 0 Å². The standard InChI is InChI=1S/C2F6O3S.Li.H/c3-1(4,5)11-12(9,10)2(6,7)8;;/q;+1;-1. The van der Waals surface area contributed by atoms with E-state index < -0.39 is 22.0 Å². The molecule has 0 spiro atoms. The first-order chi connectivity index (χ1) is 4.96. The van der Waals surface area contributed by atoms with Crippen LogP contribution in [0.3, 0.4) is 0 Å². The SMILES string of the molecule is O=S(=O)(OC(F)(F)F)C(F)(F)F.[H-].[Li+]. The third-order valence-electron chi connectivity index (χ3n) is 0.488. The minimum atomic E-state index is -6.58. The molecule has 0 saturated heterocycles. The molecule has 0 aliphatic rings. The molecule has 0 aromatic rings. The van der Waals surface area contributed by atoms with Gasteiger partial charge in [0.05, 0.1) is 0 Å². The molecule has 0 aliphatic carbocycles. The molecule has 0 atom stereocenters. The first-order valence-corrected chi connectivity index (χ1v) is 3.45. The van der Waals surface area contributed by atoms with Gasteiger partial charge in [0.1, 0.15) is 0 Å². The van der Waals surface area contributed by atoms with E-state index in [4.69, 9.17) is 0 Å². The summed E-state index contributed by atoms with van der Waals surface area (Å²) in [5.41, 5.74) is -6.07. The van der Waals surface area contributed by atoms with Crippen LogP contribution < -0.4 is 18.9 Å². The molecular formula is C2HF6LiO3S. The van der Waals surface area contributed by atoms with E-state index in [1.165, 1.54) is 0 Å². The van der Waals surface area contributed by atoms with E-state index in [0.717, 1.165) is 0 Å². The minimum Gasteiger partial charge on any atom is -1.00 e. The third-order valence-corrected chi connectivity index (χ3v) is 1.46. The van der Waals surface area contributed by atoms with Crippen LogP contribution in [0, 0.1) is 0 Å². The van der Waals surface area contributed by atoms with Gasteiger partial charge in [0.2, 0.25) is 0 Å². The van der Waals surface area contributed by atoms with Crippen LogP contribution in [-0.2, 0) is 14.3 Å². The van der Waals surface area contributed by atoms with Crippen molar-refractivity contribution in [2.45, 2.75) is 11.9 Å². The van der Waals surface area contributed by atoms with Crippen LogP contribution in [0.25, 0.3) is 0 Å². The van der Waals surface area contributed by atoms with Crippen molar-refractivity contribution in [2.24, 2.45) is 0 Å². The molecule has 3 nitrogen and oxygen atoms in total. The van der Waals surface area contributed by atoms with Gasteiger partial charge in [-0.25, -0.2) is 0 Å². The Morgan fingerprint density at radius 1 is 1.00 bits per heavy atom. The van der Waals surface area contributed by atoms with Gasteiger partial charge in [-0.3, -0.25) is 0 Å². The second-order valence-electron chi connectivity index (χ2n) is 1.43. The topological polar surface area (TPSA) is 43.4 Å². The van der Waals surface area contributed by atoms with Crippen LogP contribution in [0.2, 0.25) is 0 Å². The summed E-state index contributed by atoms with van der Waals surface area (Å²) in [6.07, 6.45) is -5.87. The van der Waals surface area contributed by atoms with Crippen molar-refractivity contribution in [3.63, 3.8) is 0 Å². The number of halogens is 6. The van der Waals surface area contributed by atoms with Gasteiger partial charge in [0.25, 0.3) is 0 Å². The van der Waals surface area contributed by atoms with E-state index >= 15 is 0 Å². The second kappa shape index (κ2) is 4.08. The molecule has 0 amide bonds. The Hall–Kier alpha value is 0.0874. The fourth-order valence-corrected chi connectivity index (χ4v) is 0.515. The van der Waals surface area contributed by atoms with E-state index in [0.29, 0.717) is 0 Å². The summed E-state index contributed by atoms with van der Waals surface area (Å²) in [5, 5.41) is 0. The van der Waals surface area contributed by atoms with Gasteiger partial charge in [-0.2, -0.15) is 25.8 Å². The van der Waals surface area contributed by atoms with E-state index in [2.05, 4.69) is 0 Å². The second-order valence-corrected chi connectivity index (χ2v) is 2.97. The van der Waals surface area contributed by atoms with Crippen molar-refractivity contribution < 1.29 is 59.2 Å². The van der Waals surface area contributed by atoms with E-state index in [9.17, 15) is 34.8 Å². The van der Waals surface area contributed by atoms with Crippen LogP contribution in [-0.4, -0.2) is 20.3 Å². The van der Waals surface area contributed by atoms with E-state index in [1.807, 2.05) is 4.18 Å². The molecule has 0 unspecified atom stereocenters. The van der Waals surface area contributed by atoms with Gasteiger partial charge >= 0.3 is 40.8 Å². The molecule has 0 aliphatic heterocycles. The van der Waals surface area contributed by atoms with Crippen molar-refractivity contribution in [3.05, 3.63) is 0 Å². The summed E-state index contributed by atoms with van der Waals surface area (Å²) in [6, 6.07) is 0. The summed E-state index contributed by atoms with van der Waals surface area (Å²) in [7, 11) is -6.58. The van der Waals surface area contributed by atoms with Crippen LogP contribution >= 0.6 is 0 Å². The number of rotatable bonds is 1. The Kier molecular flexibility index (Phi) is 4.88. The predicted octanol–water partition coefficient (Wildman–Crippen LogP) is -1.51. The Bertz CT molecular complexity index is 255. The van der Waals surface area contributed by atoms with Gasteiger partial charge in [0, 0.05) is 0 Å². The van der Waals surface area contributed by atoms with Crippen molar-refractivity contribution in [2.75, 3.05) is 0 Å². The van der Waals surface area contributed by atoms with Crippen molar-refractivity contribution in [1.29, 1.82) is 0 Å². The summed E-state index contributed by atoms with van der Waals surface area (Å²) in [5.74, 6) is 0. The maximum absolute atomic E-state index is 11.2. The van der Waals surface area contributed by atoms with Crippen molar-refractivity contribution >= 4 is 10.1 Å². The summed E-state index contributed by atoms with van der Waals surface area (Å²) >= 11 is 0. The Balaban J connectivity index is -0.000000605. The first-order valence-electron chi connectivity index (χ1n) is 2.04. The molecule has 0 saturated carbocycles. The fraction of sp³-hybridized carbons (Fsp3) is 1.00. The molecule has 0 radical (unpaired) electrons. The van der Waals surface area contributed by atoms with Gasteiger partial charge < -0.3 is 1.43 Å².